The Kier molecular flexibility index (Phi) is 7.26. The zero-order chi connectivity index (χ0) is 20.8. The third kappa shape index (κ3) is 5.33. The van der Waals surface area contributed by atoms with Gasteiger partial charge in [0.25, 0.3) is 0 Å². The molecule has 1 saturated carbocycles. The van der Waals surface area contributed by atoms with E-state index in [1.165, 1.54) is 12.8 Å². The molecule has 5 nitrogen and oxygen atoms in total. The molecule has 0 amide bonds. The highest BCUT2D eigenvalue weighted by Crippen LogP contribution is 2.49. The number of aliphatic imine (C=N–C) groups is 1. The summed E-state index contributed by atoms with van der Waals surface area (Å²) in [6, 6.07) is 7.17. The number of likely N-dealkylation sites (tertiary alicyclic amines) is 1. The lowest BCUT2D eigenvalue weighted by Gasteiger charge is -2.35. The number of halogens is 1. The van der Waals surface area contributed by atoms with Crippen molar-refractivity contribution in [1.29, 1.82) is 0 Å². The molecule has 1 unspecified atom stereocenters. The minimum absolute atomic E-state index is 0.102. The number of piperidine rings is 1. The number of nitrogens with one attached hydrogen (secondary N) is 1. The van der Waals surface area contributed by atoms with Gasteiger partial charge in [-0.25, -0.2) is 4.39 Å². The molecule has 6 heteroatoms. The van der Waals surface area contributed by atoms with Crippen LogP contribution in [0.15, 0.2) is 29.3 Å². The van der Waals surface area contributed by atoms with Crippen molar-refractivity contribution in [2.45, 2.75) is 69.5 Å². The highest BCUT2D eigenvalue weighted by Gasteiger charge is 2.46. The Balaban J connectivity index is 1.30. The Labute approximate surface area is 180 Å². The molecule has 166 valence electrons. The normalized spacial score (nSPS) is 24.7. The van der Waals surface area contributed by atoms with Crippen LogP contribution < -0.4 is 5.32 Å². The molecule has 2 heterocycles. The largest absolute Gasteiger partial charge is 0.376 e. The first-order valence-electron chi connectivity index (χ1n) is 11.7. The lowest BCUT2D eigenvalue weighted by Crippen LogP contribution is -2.47. The van der Waals surface area contributed by atoms with E-state index in [4.69, 9.17) is 14.5 Å². The second kappa shape index (κ2) is 10.1. The van der Waals surface area contributed by atoms with E-state index in [0.717, 1.165) is 76.5 Å². The average Bonchev–Trinajstić information content (AvgIpc) is 3.57. The molecule has 3 fully saturated rings. The van der Waals surface area contributed by atoms with Crippen LogP contribution in [0.2, 0.25) is 0 Å². The fourth-order valence-corrected chi connectivity index (χ4v) is 4.62. The molecule has 30 heavy (non-hydrogen) atoms. The fourth-order valence-electron chi connectivity index (χ4n) is 4.62. The molecule has 1 aliphatic carbocycles. The Morgan fingerprint density at radius 3 is 2.70 bits per heavy atom. The lowest BCUT2D eigenvalue weighted by molar-refractivity contribution is -0.0721. The topological polar surface area (TPSA) is 46.1 Å². The molecule has 4 rings (SSSR count). The number of ether oxygens (including phenoxy) is 2. The zero-order valence-corrected chi connectivity index (χ0v) is 18.2. The van der Waals surface area contributed by atoms with Gasteiger partial charge in [0.1, 0.15) is 5.82 Å². The molecule has 0 bridgehead atoms. The number of benzene rings is 1. The Morgan fingerprint density at radius 1 is 1.23 bits per heavy atom. The first kappa shape index (κ1) is 21.6. The van der Waals surface area contributed by atoms with Crippen molar-refractivity contribution in [2.24, 2.45) is 4.99 Å². The first-order chi connectivity index (χ1) is 14.7. The summed E-state index contributed by atoms with van der Waals surface area (Å²) in [5, 5.41) is 3.44. The molecule has 1 atom stereocenters. The second-order valence-corrected chi connectivity index (χ2v) is 8.94. The molecule has 1 aromatic rings. The van der Waals surface area contributed by atoms with Crippen LogP contribution in [0.25, 0.3) is 0 Å². The van der Waals surface area contributed by atoms with Crippen LogP contribution in [0, 0.1) is 5.82 Å². The van der Waals surface area contributed by atoms with Gasteiger partial charge in [0.2, 0.25) is 0 Å². The van der Waals surface area contributed by atoms with Crippen molar-refractivity contribution in [3.63, 3.8) is 0 Å². The van der Waals surface area contributed by atoms with E-state index in [0.29, 0.717) is 12.6 Å². The molecule has 0 aromatic heterocycles. The van der Waals surface area contributed by atoms with Crippen molar-refractivity contribution in [2.75, 3.05) is 39.4 Å². The molecule has 2 aliphatic heterocycles. The van der Waals surface area contributed by atoms with E-state index in [-0.39, 0.29) is 17.3 Å². The minimum Gasteiger partial charge on any atom is -0.376 e. The Hall–Kier alpha value is -1.66. The summed E-state index contributed by atoms with van der Waals surface area (Å²) < 4.78 is 26.2. The summed E-state index contributed by atoms with van der Waals surface area (Å²) in [6.07, 6.45) is 8.19. The van der Waals surface area contributed by atoms with Gasteiger partial charge in [0, 0.05) is 31.7 Å². The van der Waals surface area contributed by atoms with Crippen LogP contribution in [0.3, 0.4) is 0 Å². The number of guanidine groups is 1. The van der Waals surface area contributed by atoms with E-state index in [9.17, 15) is 4.39 Å². The maximum Gasteiger partial charge on any atom is 0.193 e. The summed E-state index contributed by atoms with van der Waals surface area (Å²) in [5.41, 5.74) is 0.703. The molecule has 3 aliphatic rings. The van der Waals surface area contributed by atoms with Crippen LogP contribution in [0.1, 0.15) is 57.4 Å². The number of nitrogens with zero attached hydrogens (tertiary/aromatic N) is 2. The van der Waals surface area contributed by atoms with Crippen LogP contribution >= 0.6 is 0 Å². The molecule has 2 saturated heterocycles. The van der Waals surface area contributed by atoms with Crippen LogP contribution in [0.4, 0.5) is 4.39 Å². The van der Waals surface area contributed by atoms with Crippen molar-refractivity contribution >= 4 is 5.96 Å². The van der Waals surface area contributed by atoms with Gasteiger partial charge in [-0.1, -0.05) is 18.2 Å². The maximum absolute atomic E-state index is 14.3. The molecule has 1 N–H and O–H groups in total. The SMILES string of the molecule is CCNC(=NCC1(c2ccccc2F)CC1)N1CCC(OCC2CCCCO2)CC1. The second-order valence-electron chi connectivity index (χ2n) is 8.94. The van der Waals surface area contributed by atoms with Gasteiger partial charge in [0.15, 0.2) is 5.96 Å². The van der Waals surface area contributed by atoms with Crippen LogP contribution in [-0.2, 0) is 14.9 Å². The smallest absolute Gasteiger partial charge is 0.193 e. The minimum atomic E-state index is -0.118. The molecular weight excluding hydrogens is 381 g/mol. The lowest BCUT2D eigenvalue weighted by atomic mass is 9.95. The molecular formula is C24H36FN3O2. The van der Waals surface area contributed by atoms with Gasteiger partial charge in [0.05, 0.1) is 25.4 Å². The first-order valence-corrected chi connectivity index (χ1v) is 11.7. The van der Waals surface area contributed by atoms with E-state index in [1.807, 2.05) is 12.1 Å². The molecule has 0 spiro atoms. The summed E-state index contributed by atoms with van der Waals surface area (Å²) in [5.74, 6) is 0.851. The summed E-state index contributed by atoms with van der Waals surface area (Å²) >= 11 is 0. The zero-order valence-electron chi connectivity index (χ0n) is 18.2. The fraction of sp³-hybridized carbons (Fsp3) is 0.708. The van der Waals surface area contributed by atoms with Gasteiger partial charge in [-0.05, 0) is 63.5 Å². The summed E-state index contributed by atoms with van der Waals surface area (Å²) in [4.78, 5) is 7.27. The maximum atomic E-state index is 14.3. The monoisotopic (exact) mass is 417 g/mol. The van der Waals surface area contributed by atoms with Crippen molar-refractivity contribution in [3.8, 4) is 0 Å². The number of rotatable bonds is 7. The third-order valence-electron chi connectivity index (χ3n) is 6.70. The number of hydrogen-bond donors (Lipinski definition) is 1. The van der Waals surface area contributed by atoms with Gasteiger partial charge < -0.3 is 19.7 Å². The summed E-state index contributed by atoms with van der Waals surface area (Å²) in [6.45, 7) is 7.06. The highest BCUT2D eigenvalue weighted by atomic mass is 19.1. The standard InChI is InChI=1S/C24H36FN3O2/c1-2-26-23(27-18-24(12-13-24)21-8-3-4-9-22(21)25)28-14-10-19(11-15-28)30-17-20-7-5-6-16-29-20/h3-4,8-9,19-20H,2,5-7,10-18H2,1H3,(H,26,27). The summed E-state index contributed by atoms with van der Waals surface area (Å²) in [7, 11) is 0. The molecule has 1 aromatic carbocycles. The molecule has 0 radical (unpaired) electrons. The van der Waals surface area contributed by atoms with Gasteiger partial charge >= 0.3 is 0 Å². The van der Waals surface area contributed by atoms with Crippen LogP contribution in [-0.4, -0.2) is 62.5 Å². The average molecular weight is 418 g/mol. The quantitative estimate of drug-likeness (QED) is 0.540. The van der Waals surface area contributed by atoms with Crippen molar-refractivity contribution in [3.05, 3.63) is 35.6 Å². The number of hydrogen-bond acceptors (Lipinski definition) is 3. The predicted octanol–water partition coefficient (Wildman–Crippen LogP) is 3.87. The van der Waals surface area contributed by atoms with Crippen molar-refractivity contribution in [1.82, 2.24) is 10.2 Å². The Bertz CT molecular complexity index is 708. The third-order valence-corrected chi connectivity index (χ3v) is 6.70. The Morgan fingerprint density at radius 2 is 2.03 bits per heavy atom. The van der Waals surface area contributed by atoms with E-state index in [1.54, 1.807) is 12.1 Å². The van der Waals surface area contributed by atoms with E-state index < -0.39 is 0 Å². The van der Waals surface area contributed by atoms with Crippen molar-refractivity contribution < 1.29 is 13.9 Å². The van der Waals surface area contributed by atoms with E-state index in [2.05, 4.69) is 17.1 Å². The highest BCUT2D eigenvalue weighted by molar-refractivity contribution is 5.80. The van der Waals surface area contributed by atoms with Gasteiger partial charge in [-0.2, -0.15) is 0 Å². The van der Waals surface area contributed by atoms with Gasteiger partial charge in [-0.15, -0.1) is 0 Å². The predicted molar refractivity (Wildman–Crippen MR) is 117 cm³/mol. The van der Waals surface area contributed by atoms with Crippen LogP contribution in [0.5, 0.6) is 0 Å². The van der Waals surface area contributed by atoms with Gasteiger partial charge in [-0.3, -0.25) is 4.99 Å². The van der Waals surface area contributed by atoms with E-state index >= 15 is 0 Å².